The molecule has 1 N–H and O–H groups in total. The number of hydrogen-bond donors (Lipinski definition) is 1. The molecule has 3 aromatic rings. The highest BCUT2D eigenvalue weighted by Crippen LogP contribution is 2.25. The number of benzene rings is 2. The first-order valence-electron chi connectivity index (χ1n) is 6.33. The molecule has 0 aliphatic carbocycles. The van der Waals surface area contributed by atoms with E-state index < -0.39 is 0 Å². The van der Waals surface area contributed by atoms with Crippen LogP contribution in [-0.4, -0.2) is 9.97 Å². The summed E-state index contributed by atoms with van der Waals surface area (Å²) in [6.45, 7) is 4.26. The van der Waals surface area contributed by atoms with Crippen molar-refractivity contribution in [2.24, 2.45) is 0 Å². The molecule has 0 aliphatic rings. The third-order valence-electron chi connectivity index (χ3n) is 3.35. The summed E-state index contributed by atoms with van der Waals surface area (Å²) in [7, 11) is 0. The van der Waals surface area contributed by atoms with Gasteiger partial charge in [-0.05, 0) is 48.7 Å². The molecule has 0 unspecified atom stereocenters. The Labute approximate surface area is 121 Å². The van der Waals surface area contributed by atoms with Crippen LogP contribution in [0, 0.1) is 13.8 Å². The van der Waals surface area contributed by atoms with E-state index in [2.05, 4.69) is 57.9 Å². The van der Waals surface area contributed by atoms with Crippen molar-refractivity contribution < 1.29 is 0 Å². The summed E-state index contributed by atoms with van der Waals surface area (Å²) >= 11 is 3.66. The number of nitrogens with one attached hydrogen (secondary N) is 1. The van der Waals surface area contributed by atoms with Gasteiger partial charge in [0.2, 0.25) is 0 Å². The molecule has 3 heteroatoms. The maximum absolute atomic E-state index is 4.64. The van der Waals surface area contributed by atoms with Gasteiger partial charge in [0.15, 0.2) is 0 Å². The van der Waals surface area contributed by atoms with E-state index in [4.69, 9.17) is 0 Å². The second-order valence-electron chi connectivity index (χ2n) is 4.92. The zero-order chi connectivity index (χ0) is 13.4. The Morgan fingerprint density at radius 1 is 1.16 bits per heavy atom. The molecule has 0 atom stereocenters. The van der Waals surface area contributed by atoms with Crippen molar-refractivity contribution in [2.75, 3.05) is 0 Å². The smallest absolute Gasteiger partial charge is 0.111 e. The van der Waals surface area contributed by atoms with Crippen molar-refractivity contribution >= 4 is 27.0 Å². The summed E-state index contributed by atoms with van der Waals surface area (Å²) in [6.07, 6.45) is 0.821. The summed E-state index contributed by atoms with van der Waals surface area (Å²) < 4.78 is 1.16. The average molecular weight is 315 g/mol. The van der Waals surface area contributed by atoms with Crippen molar-refractivity contribution in [3.05, 3.63) is 63.4 Å². The van der Waals surface area contributed by atoms with Gasteiger partial charge in [0, 0.05) is 10.9 Å². The SMILES string of the molecule is Cc1cc(C)c(Cc2nc3ccccc3[nH]2)c(Br)c1. The minimum Gasteiger partial charge on any atom is -0.342 e. The Hall–Kier alpha value is -1.61. The molecule has 0 spiro atoms. The molecule has 0 fully saturated rings. The van der Waals surface area contributed by atoms with Crippen molar-refractivity contribution in [2.45, 2.75) is 20.3 Å². The van der Waals surface area contributed by atoms with Gasteiger partial charge < -0.3 is 4.98 Å². The van der Waals surface area contributed by atoms with Gasteiger partial charge >= 0.3 is 0 Å². The number of aromatic amines is 1. The van der Waals surface area contributed by atoms with Crippen LogP contribution >= 0.6 is 15.9 Å². The third kappa shape index (κ3) is 2.43. The fourth-order valence-corrected chi connectivity index (χ4v) is 3.24. The fraction of sp³-hybridized carbons (Fsp3) is 0.188. The summed E-state index contributed by atoms with van der Waals surface area (Å²) in [5, 5.41) is 0. The molecule has 96 valence electrons. The van der Waals surface area contributed by atoms with Crippen LogP contribution in [0.5, 0.6) is 0 Å². The largest absolute Gasteiger partial charge is 0.342 e. The topological polar surface area (TPSA) is 28.7 Å². The predicted octanol–water partition coefficient (Wildman–Crippen LogP) is 4.53. The normalized spacial score (nSPS) is 11.1. The van der Waals surface area contributed by atoms with Gasteiger partial charge in [-0.1, -0.05) is 34.1 Å². The molecule has 0 amide bonds. The van der Waals surface area contributed by atoms with Crippen LogP contribution in [-0.2, 0) is 6.42 Å². The lowest BCUT2D eigenvalue weighted by molar-refractivity contribution is 1.02. The molecule has 1 heterocycles. The van der Waals surface area contributed by atoms with Crippen LogP contribution in [0.15, 0.2) is 40.9 Å². The zero-order valence-corrected chi connectivity index (χ0v) is 12.6. The molecule has 0 aliphatic heterocycles. The number of hydrogen-bond acceptors (Lipinski definition) is 1. The molecule has 19 heavy (non-hydrogen) atoms. The number of halogens is 1. The van der Waals surface area contributed by atoms with E-state index in [-0.39, 0.29) is 0 Å². The molecule has 0 saturated heterocycles. The van der Waals surface area contributed by atoms with Crippen LogP contribution in [0.1, 0.15) is 22.5 Å². The van der Waals surface area contributed by atoms with Crippen LogP contribution in [0.4, 0.5) is 0 Å². The van der Waals surface area contributed by atoms with E-state index in [9.17, 15) is 0 Å². The quantitative estimate of drug-likeness (QED) is 0.739. The standard InChI is InChI=1S/C16H15BrN2/c1-10-7-11(2)12(13(17)8-10)9-16-18-14-5-3-4-6-15(14)19-16/h3-8H,9H2,1-2H3,(H,18,19). The van der Waals surface area contributed by atoms with Crippen molar-refractivity contribution in [1.29, 1.82) is 0 Å². The second kappa shape index (κ2) is 4.82. The van der Waals surface area contributed by atoms with Gasteiger partial charge in [-0.15, -0.1) is 0 Å². The first-order chi connectivity index (χ1) is 9.13. The number of para-hydroxylation sites is 2. The number of aryl methyl sites for hydroxylation is 2. The van der Waals surface area contributed by atoms with Crippen molar-refractivity contribution in [1.82, 2.24) is 9.97 Å². The Balaban J connectivity index is 2.01. The van der Waals surface area contributed by atoms with Gasteiger partial charge in [-0.3, -0.25) is 0 Å². The highest BCUT2D eigenvalue weighted by atomic mass is 79.9. The number of rotatable bonds is 2. The van der Waals surface area contributed by atoms with Gasteiger partial charge in [-0.2, -0.15) is 0 Å². The Morgan fingerprint density at radius 3 is 2.68 bits per heavy atom. The van der Waals surface area contributed by atoms with E-state index in [0.717, 1.165) is 27.8 Å². The fourth-order valence-electron chi connectivity index (χ4n) is 2.43. The van der Waals surface area contributed by atoms with E-state index in [1.807, 2.05) is 18.2 Å². The number of H-pyrrole nitrogens is 1. The summed E-state index contributed by atoms with van der Waals surface area (Å²) in [5.74, 6) is 1.01. The lowest BCUT2D eigenvalue weighted by Crippen LogP contribution is -1.96. The van der Waals surface area contributed by atoms with Crippen molar-refractivity contribution in [3.63, 3.8) is 0 Å². The summed E-state index contributed by atoms with van der Waals surface area (Å²) in [6, 6.07) is 12.5. The molecule has 1 aromatic heterocycles. The highest BCUT2D eigenvalue weighted by Gasteiger charge is 2.09. The van der Waals surface area contributed by atoms with Crippen LogP contribution in [0.3, 0.4) is 0 Å². The molecular formula is C16H15BrN2. The van der Waals surface area contributed by atoms with Gasteiger partial charge in [0.1, 0.15) is 5.82 Å². The number of nitrogens with zero attached hydrogens (tertiary/aromatic N) is 1. The number of imidazole rings is 1. The number of fused-ring (bicyclic) bond motifs is 1. The van der Waals surface area contributed by atoms with E-state index in [1.54, 1.807) is 0 Å². The zero-order valence-electron chi connectivity index (χ0n) is 11.0. The van der Waals surface area contributed by atoms with Crippen molar-refractivity contribution in [3.8, 4) is 0 Å². The molecule has 2 aromatic carbocycles. The van der Waals surface area contributed by atoms with Gasteiger partial charge in [-0.25, -0.2) is 4.98 Å². The Morgan fingerprint density at radius 2 is 1.95 bits per heavy atom. The van der Waals surface area contributed by atoms with E-state index in [1.165, 1.54) is 16.7 Å². The molecule has 3 rings (SSSR count). The minimum atomic E-state index is 0.821. The van der Waals surface area contributed by atoms with Crippen LogP contribution < -0.4 is 0 Å². The maximum atomic E-state index is 4.64. The Kier molecular flexibility index (Phi) is 3.15. The van der Waals surface area contributed by atoms with Gasteiger partial charge in [0.05, 0.1) is 11.0 Å². The highest BCUT2D eigenvalue weighted by molar-refractivity contribution is 9.10. The van der Waals surface area contributed by atoms with Gasteiger partial charge in [0.25, 0.3) is 0 Å². The molecule has 0 bridgehead atoms. The monoisotopic (exact) mass is 314 g/mol. The van der Waals surface area contributed by atoms with Crippen LogP contribution in [0.25, 0.3) is 11.0 Å². The predicted molar refractivity (Wildman–Crippen MR) is 82.5 cm³/mol. The first-order valence-corrected chi connectivity index (χ1v) is 7.12. The average Bonchev–Trinajstić information content (AvgIpc) is 2.76. The lowest BCUT2D eigenvalue weighted by atomic mass is 10.0. The lowest BCUT2D eigenvalue weighted by Gasteiger charge is -2.08. The molecular weight excluding hydrogens is 300 g/mol. The molecule has 2 nitrogen and oxygen atoms in total. The number of aromatic nitrogens is 2. The third-order valence-corrected chi connectivity index (χ3v) is 4.05. The second-order valence-corrected chi connectivity index (χ2v) is 5.77. The first kappa shape index (κ1) is 12.4. The molecule has 0 radical (unpaired) electrons. The minimum absolute atomic E-state index is 0.821. The van der Waals surface area contributed by atoms with E-state index in [0.29, 0.717) is 0 Å². The Bertz CT molecular complexity index is 687. The summed E-state index contributed by atoms with van der Waals surface area (Å²) in [4.78, 5) is 8.02. The molecule has 0 saturated carbocycles. The summed E-state index contributed by atoms with van der Waals surface area (Å²) in [5.41, 5.74) is 5.99. The van der Waals surface area contributed by atoms with E-state index >= 15 is 0 Å². The van der Waals surface area contributed by atoms with Crippen LogP contribution in [0.2, 0.25) is 0 Å². The maximum Gasteiger partial charge on any atom is 0.111 e.